The van der Waals surface area contributed by atoms with Gasteiger partial charge in [0.25, 0.3) is 0 Å². The molecule has 1 saturated heterocycles. The Kier molecular flexibility index (Phi) is 12.2. The van der Waals surface area contributed by atoms with Crippen LogP contribution >= 0.6 is 0 Å². The monoisotopic (exact) mass is 596 g/mol. The minimum absolute atomic E-state index is 0.120. The fraction of sp³-hybridized carbons (Fsp3) is 0.657. The van der Waals surface area contributed by atoms with Crippen molar-refractivity contribution in [3.8, 4) is 5.75 Å². The Morgan fingerprint density at radius 2 is 2.00 bits per heavy atom. The highest BCUT2D eigenvalue weighted by atomic mass is 19.1. The first-order chi connectivity index (χ1) is 20.7. The van der Waals surface area contributed by atoms with Crippen LogP contribution < -0.4 is 10.1 Å². The summed E-state index contributed by atoms with van der Waals surface area (Å²) in [5, 5.41) is 3.45. The van der Waals surface area contributed by atoms with E-state index >= 15 is 4.39 Å². The van der Waals surface area contributed by atoms with E-state index in [9.17, 15) is 4.79 Å². The number of rotatable bonds is 15. The van der Waals surface area contributed by atoms with Crippen LogP contribution in [0.25, 0.3) is 0 Å². The number of hydrogen-bond acceptors (Lipinski definition) is 7. The molecule has 0 aliphatic carbocycles. The molecule has 0 radical (unpaired) electrons. The number of aryl methyl sites for hydroxylation is 2. The van der Waals surface area contributed by atoms with Gasteiger partial charge in [-0.1, -0.05) is 40.2 Å². The van der Waals surface area contributed by atoms with E-state index in [2.05, 4.69) is 41.1 Å². The second kappa shape index (κ2) is 15.8. The van der Waals surface area contributed by atoms with Crippen molar-refractivity contribution in [3.63, 3.8) is 0 Å². The summed E-state index contributed by atoms with van der Waals surface area (Å²) in [5.41, 5.74) is 3.93. The zero-order valence-corrected chi connectivity index (χ0v) is 27.3. The molecular weight excluding hydrogens is 543 g/mol. The van der Waals surface area contributed by atoms with E-state index in [4.69, 9.17) is 14.5 Å². The summed E-state index contributed by atoms with van der Waals surface area (Å²) >= 11 is 0. The number of pyridine rings is 1. The lowest BCUT2D eigenvalue weighted by Crippen LogP contribution is -2.42. The van der Waals surface area contributed by atoms with E-state index in [0.29, 0.717) is 17.5 Å². The van der Waals surface area contributed by atoms with Gasteiger partial charge in [0.1, 0.15) is 11.9 Å². The molecule has 1 N–H and O–H groups in total. The molecule has 8 heteroatoms. The number of aromatic nitrogens is 1. The standard InChI is InChI=1S/C35H53FN4O3/c1-7-43-35(41)32(30-20-27(25(4)5)21-31(36)33(30)42-6)40-19-16-29(23-40)39(22-24(2)3)18-10-8-9-13-28-15-14-26-12-11-17-37-34(26)38-28/h14-15,20-21,24-25,29,32H,7-13,16-19,22-23H2,1-6H3,(H,37,38)/t29-,32?/m1/s1. The Labute approximate surface area is 258 Å². The fourth-order valence-electron chi connectivity index (χ4n) is 6.58. The van der Waals surface area contributed by atoms with Crippen molar-refractivity contribution in [2.75, 3.05) is 51.8 Å². The van der Waals surface area contributed by atoms with Crippen LogP contribution in [0.4, 0.5) is 10.2 Å². The maximum absolute atomic E-state index is 15.2. The van der Waals surface area contributed by atoms with Gasteiger partial charge in [-0.15, -0.1) is 0 Å². The molecular formula is C35H53FN4O3. The molecule has 1 fully saturated rings. The number of likely N-dealkylation sites (tertiary alicyclic amines) is 1. The number of ether oxygens (including phenoxy) is 2. The summed E-state index contributed by atoms with van der Waals surface area (Å²) in [6.45, 7) is 15.2. The van der Waals surface area contributed by atoms with E-state index in [1.165, 1.54) is 30.9 Å². The average molecular weight is 597 g/mol. The molecule has 0 saturated carbocycles. The maximum atomic E-state index is 15.2. The molecule has 1 unspecified atom stereocenters. The highest BCUT2D eigenvalue weighted by Crippen LogP contribution is 2.37. The van der Waals surface area contributed by atoms with Crippen LogP contribution in [0.15, 0.2) is 24.3 Å². The minimum atomic E-state index is -0.701. The van der Waals surface area contributed by atoms with Gasteiger partial charge in [-0.2, -0.15) is 0 Å². The molecule has 2 aliphatic rings. The number of carbonyl (C=O) groups is 1. The smallest absolute Gasteiger partial charge is 0.328 e. The third-order valence-corrected chi connectivity index (χ3v) is 8.78. The van der Waals surface area contributed by atoms with Crippen molar-refractivity contribution in [2.24, 2.45) is 5.92 Å². The van der Waals surface area contributed by atoms with E-state index in [-0.39, 0.29) is 24.2 Å². The summed E-state index contributed by atoms with van der Waals surface area (Å²) in [6.07, 6.45) is 7.68. The van der Waals surface area contributed by atoms with Crippen LogP contribution in [-0.4, -0.2) is 73.2 Å². The molecule has 1 aromatic carbocycles. The molecule has 0 bridgehead atoms. The Morgan fingerprint density at radius 3 is 2.72 bits per heavy atom. The zero-order valence-electron chi connectivity index (χ0n) is 27.3. The molecule has 7 nitrogen and oxygen atoms in total. The van der Waals surface area contributed by atoms with Crippen molar-refractivity contribution >= 4 is 11.8 Å². The van der Waals surface area contributed by atoms with Gasteiger partial charge in [0, 0.05) is 43.5 Å². The highest BCUT2D eigenvalue weighted by molar-refractivity contribution is 5.79. The van der Waals surface area contributed by atoms with Gasteiger partial charge in [-0.05, 0) is 93.2 Å². The predicted molar refractivity (Wildman–Crippen MR) is 171 cm³/mol. The van der Waals surface area contributed by atoms with Gasteiger partial charge in [0.2, 0.25) is 0 Å². The number of nitrogens with one attached hydrogen (secondary N) is 1. The van der Waals surface area contributed by atoms with Crippen LogP contribution in [0.3, 0.4) is 0 Å². The van der Waals surface area contributed by atoms with Gasteiger partial charge in [0.15, 0.2) is 11.6 Å². The number of carbonyl (C=O) groups excluding carboxylic acids is 1. The number of halogens is 1. The maximum Gasteiger partial charge on any atom is 0.328 e. The number of methoxy groups -OCH3 is 1. The van der Waals surface area contributed by atoms with Crippen LogP contribution in [0.2, 0.25) is 0 Å². The largest absolute Gasteiger partial charge is 0.493 e. The third kappa shape index (κ3) is 8.69. The Morgan fingerprint density at radius 1 is 1.19 bits per heavy atom. The first-order valence-electron chi connectivity index (χ1n) is 16.5. The lowest BCUT2D eigenvalue weighted by atomic mass is 9.95. The first-order valence-corrected chi connectivity index (χ1v) is 16.5. The number of fused-ring (bicyclic) bond motifs is 1. The van der Waals surface area contributed by atoms with Crippen molar-refractivity contribution in [1.82, 2.24) is 14.8 Å². The number of benzene rings is 1. The lowest BCUT2D eigenvalue weighted by molar-refractivity contribution is -0.149. The summed E-state index contributed by atoms with van der Waals surface area (Å²) in [6, 6.07) is 7.52. The Bertz CT molecular complexity index is 1200. The summed E-state index contributed by atoms with van der Waals surface area (Å²) in [5.74, 6) is 1.10. The molecule has 43 heavy (non-hydrogen) atoms. The summed E-state index contributed by atoms with van der Waals surface area (Å²) in [7, 11) is 1.47. The second-order valence-electron chi connectivity index (χ2n) is 12.9. The van der Waals surface area contributed by atoms with Gasteiger partial charge < -0.3 is 14.8 Å². The molecule has 0 spiro atoms. The minimum Gasteiger partial charge on any atom is -0.493 e. The number of nitrogens with zero attached hydrogens (tertiary/aromatic N) is 3. The normalized spacial score (nSPS) is 17.8. The first kappa shape index (κ1) is 33.2. The van der Waals surface area contributed by atoms with Crippen molar-refractivity contribution in [2.45, 2.75) is 97.6 Å². The van der Waals surface area contributed by atoms with Crippen LogP contribution in [-0.2, 0) is 22.4 Å². The van der Waals surface area contributed by atoms with Gasteiger partial charge in [-0.25, -0.2) is 14.2 Å². The van der Waals surface area contributed by atoms with Crippen molar-refractivity contribution in [3.05, 3.63) is 52.5 Å². The number of esters is 1. The quantitative estimate of drug-likeness (QED) is 0.180. The number of anilines is 1. The molecule has 2 atom stereocenters. The summed E-state index contributed by atoms with van der Waals surface area (Å²) < 4.78 is 26.3. The van der Waals surface area contributed by atoms with Crippen molar-refractivity contribution < 1.29 is 18.7 Å². The van der Waals surface area contributed by atoms with E-state index in [1.807, 2.05) is 26.8 Å². The molecule has 0 amide bonds. The fourth-order valence-corrected chi connectivity index (χ4v) is 6.58. The number of unbranched alkanes of at least 4 members (excludes halogenated alkanes) is 2. The van der Waals surface area contributed by atoms with Gasteiger partial charge in [0.05, 0.1) is 13.7 Å². The average Bonchev–Trinajstić information content (AvgIpc) is 3.45. The van der Waals surface area contributed by atoms with E-state index < -0.39 is 11.9 Å². The van der Waals surface area contributed by atoms with Gasteiger partial charge >= 0.3 is 5.97 Å². The molecule has 238 valence electrons. The Balaban J connectivity index is 1.41. The molecule has 2 aromatic rings. The number of hydrogen-bond donors (Lipinski definition) is 1. The van der Waals surface area contributed by atoms with Crippen LogP contribution in [0, 0.1) is 11.7 Å². The van der Waals surface area contributed by atoms with Crippen LogP contribution in [0.1, 0.15) is 101 Å². The summed E-state index contributed by atoms with van der Waals surface area (Å²) in [4.78, 5) is 23.1. The topological polar surface area (TPSA) is 66.9 Å². The predicted octanol–water partition coefficient (Wildman–Crippen LogP) is 6.76. The van der Waals surface area contributed by atoms with E-state index in [1.54, 1.807) is 0 Å². The molecule has 1 aromatic heterocycles. The van der Waals surface area contributed by atoms with Crippen molar-refractivity contribution in [1.29, 1.82) is 0 Å². The molecule has 2 aliphatic heterocycles. The van der Waals surface area contributed by atoms with Crippen LogP contribution in [0.5, 0.6) is 5.75 Å². The highest BCUT2D eigenvalue weighted by Gasteiger charge is 2.39. The third-order valence-electron chi connectivity index (χ3n) is 8.78. The molecule has 3 heterocycles. The zero-order chi connectivity index (χ0) is 30.9. The SMILES string of the molecule is CCOC(=O)C(c1cc(C(C)C)cc(F)c1OC)N1CC[C@@H](N(CCCCCc2ccc3c(n2)NCCC3)CC(C)C)C1. The lowest BCUT2D eigenvalue weighted by Gasteiger charge is -2.32. The second-order valence-corrected chi connectivity index (χ2v) is 12.9. The molecule has 4 rings (SSSR count). The van der Waals surface area contributed by atoms with Gasteiger partial charge in [-0.3, -0.25) is 9.80 Å². The Hall–Kier alpha value is -2.71. The van der Waals surface area contributed by atoms with E-state index in [0.717, 1.165) is 82.6 Å².